The lowest BCUT2D eigenvalue weighted by Gasteiger charge is -2.30. The van der Waals surface area contributed by atoms with Crippen molar-refractivity contribution in [1.82, 2.24) is 0 Å². The third kappa shape index (κ3) is 2.75. The van der Waals surface area contributed by atoms with Gasteiger partial charge in [-0.1, -0.05) is 6.92 Å². The second kappa shape index (κ2) is 4.66. The summed E-state index contributed by atoms with van der Waals surface area (Å²) in [4.78, 5) is 0. The van der Waals surface area contributed by atoms with Crippen LogP contribution in [0, 0.1) is 0 Å². The summed E-state index contributed by atoms with van der Waals surface area (Å²) >= 11 is 0. The fraction of sp³-hybridized carbons (Fsp3) is 1.00. The van der Waals surface area contributed by atoms with Gasteiger partial charge in [-0.25, -0.2) is 0 Å². The molecule has 0 bridgehead atoms. The molecule has 0 aromatic rings. The summed E-state index contributed by atoms with van der Waals surface area (Å²) in [5, 5.41) is 35.7. The maximum absolute atomic E-state index is 9.52. The lowest BCUT2D eigenvalue weighted by atomic mass is 9.91. The van der Waals surface area contributed by atoms with Crippen LogP contribution in [-0.2, 0) is 0 Å². The summed E-state index contributed by atoms with van der Waals surface area (Å²) < 4.78 is 0. The van der Waals surface area contributed by atoms with Crippen LogP contribution in [0.3, 0.4) is 0 Å². The van der Waals surface area contributed by atoms with E-state index < -0.39 is 18.3 Å². The molecule has 11 heavy (non-hydrogen) atoms. The monoisotopic (exact) mass is 164 g/mol. The van der Waals surface area contributed by atoms with Crippen LogP contribution in [0.1, 0.15) is 19.8 Å². The summed E-state index contributed by atoms with van der Waals surface area (Å²) in [6.45, 7) is 1.01. The van der Waals surface area contributed by atoms with E-state index in [0.29, 0.717) is 6.42 Å². The Balaban J connectivity index is 4.07. The van der Waals surface area contributed by atoms with Gasteiger partial charge in [-0.2, -0.15) is 0 Å². The Hall–Kier alpha value is -0.160. The van der Waals surface area contributed by atoms with Crippen LogP contribution in [0.5, 0.6) is 0 Å². The summed E-state index contributed by atoms with van der Waals surface area (Å²) in [6.07, 6.45) is -0.764. The van der Waals surface area contributed by atoms with Crippen molar-refractivity contribution in [3.05, 3.63) is 0 Å². The molecule has 2 atom stereocenters. The smallest absolute Gasteiger partial charge is 0.106 e. The molecule has 4 nitrogen and oxygen atoms in total. The van der Waals surface area contributed by atoms with E-state index in [9.17, 15) is 5.11 Å². The van der Waals surface area contributed by atoms with E-state index in [1.54, 1.807) is 6.92 Å². The predicted molar refractivity (Wildman–Crippen MR) is 40.0 cm³/mol. The molecular formula is C7H16O4. The molecule has 0 saturated carbocycles. The molecule has 0 aliphatic carbocycles. The molecule has 4 heteroatoms. The van der Waals surface area contributed by atoms with Gasteiger partial charge in [-0.15, -0.1) is 0 Å². The zero-order valence-electron chi connectivity index (χ0n) is 6.69. The summed E-state index contributed by atoms with van der Waals surface area (Å²) in [6, 6.07) is 0. The Kier molecular flexibility index (Phi) is 4.60. The number of hydrogen-bond acceptors (Lipinski definition) is 4. The SMILES string of the molecule is CCC(O)(CCO)C(O)CO. The average Bonchev–Trinajstić information content (AvgIpc) is 2.03. The lowest BCUT2D eigenvalue weighted by Crippen LogP contribution is -2.44. The highest BCUT2D eigenvalue weighted by molar-refractivity contribution is 4.84. The van der Waals surface area contributed by atoms with Gasteiger partial charge in [0.15, 0.2) is 0 Å². The maximum atomic E-state index is 9.52. The first-order valence-corrected chi connectivity index (χ1v) is 3.73. The fourth-order valence-electron chi connectivity index (χ4n) is 0.943. The lowest BCUT2D eigenvalue weighted by molar-refractivity contribution is -0.107. The molecular weight excluding hydrogens is 148 g/mol. The maximum Gasteiger partial charge on any atom is 0.106 e. The third-order valence-electron chi connectivity index (χ3n) is 1.95. The molecule has 0 rings (SSSR count). The van der Waals surface area contributed by atoms with E-state index in [4.69, 9.17) is 15.3 Å². The van der Waals surface area contributed by atoms with Gasteiger partial charge in [0.05, 0.1) is 12.2 Å². The summed E-state index contributed by atoms with van der Waals surface area (Å²) in [5.74, 6) is 0. The molecule has 0 saturated heterocycles. The molecule has 4 N–H and O–H groups in total. The molecule has 68 valence electrons. The Morgan fingerprint density at radius 1 is 1.36 bits per heavy atom. The zero-order valence-corrected chi connectivity index (χ0v) is 6.69. The molecule has 0 spiro atoms. The Morgan fingerprint density at radius 3 is 2.18 bits per heavy atom. The topological polar surface area (TPSA) is 80.9 Å². The second-order valence-corrected chi connectivity index (χ2v) is 2.63. The molecule has 0 aromatic carbocycles. The van der Waals surface area contributed by atoms with Crippen molar-refractivity contribution < 1.29 is 20.4 Å². The average molecular weight is 164 g/mol. The number of hydrogen-bond donors (Lipinski definition) is 4. The highest BCUT2D eigenvalue weighted by Crippen LogP contribution is 2.18. The van der Waals surface area contributed by atoms with Gasteiger partial charge in [0, 0.05) is 13.0 Å². The molecule has 2 unspecified atom stereocenters. The van der Waals surface area contributed by atoms with Crippen molar-refractivity contribution in [2.24, 2.45) is 0 Å². The van der Waals surface area contributed by atoms with Crippen molar-refractivity contribution in [3.8, 4) is 0 Å². The summed E-state index contributed by atoms with van der Waals surface area (Å²) in [7, 11) is 0. The van der Waals surface area contributed by atoms with Crippen molar-refractivity contribution in [1.29, 1.82) is 0 Å². The van der Waals surface area contributed by atoms with E-state index in [1.165, 1.54) is 0 Å². The normalized spacial score (nSPS) is 19.4. The Bertz CT molecular complexity index is 107. The largest absolute Gasteiger partial charge is 0.396 e. The highest BCUT2D eigenvalue weighted by atomic mass is 16.4. The van der Waals surface area contributed by atoms with Crippen LogP contribution in [-0.4, -0.2) is 45.3 Å². The van der Waals surface area contributed by atoms with Crippen LogP contribution in [0.2, 0.25) is 0 Å². The molecule has 0 fully saturated rings. The van der Waals surface area contributed by atoms with Crippen LogP contribution < -0.4 is 0 Å². The minimum Gasteiger partial charge on any atom is -0.396 e. The first-order chi connectivity index (χ1) is 5.10. The van der Waals surface area contributed by atoms with Crippen molar-refractivity contribution in [2.75, 3.05) is 13.2 Å². The first-order valence-electron chi connectivity index (χ1n) is 3.73. The Morgan fingerprint density at radius 2 is 1.91 bits per heavy atom. The van der Waals surface area contributed by atoms with E-state index in [-0.39, 0.29) is 13.0 Å². The molecule has 0 aromatic heterocycles. The summed E-state index contributed by atoms with van der Waals surface area (Å²) in [5.41, 5.74) is -1.34. The van der Waals surface area contributed by atoms with Gasteiger partial charge >= 0.3 is 0 Å². The van der Waals surface area contributed by atoms with E-state index in [0.717, 1.165) is 0 Å². The van der Waals surface area contributed by atoms with Crippen molar-refractivity contribution in [3.63, 3.8) is 0 Å². The van der Waals surface area contributed by atoms with Gasteiger partial charge in [0.1, 0.15) is 6.10 Å². The third-order valence-corrected chi connectivity index (χ3v) is 1.95. The van der Waals surface area contributed by atoms with Gasteiger partial charge < -0.3 is 20.4 Å². The van der Waals surface area contributed by atoms with E-state index in [1.807, 2.05) is 0 Å². The van der Waals surface area contributed by atoms with Gasteiger partial charge in [0.25, 0.3) is 0 Å². The van der Waals surface area contributed by atoms with Crippen LogP contribution in [0.25, 0.3) is 0 Å². The van der Waals surface area contributed by atoms with E-state index >= 15 is 0 Å². The molecule has 0 aliphatic heterocycles. The minimum absolute atomic E-state index is 0.0885. The standard InChI is InChI=1S/C7H16O4/c1-2-7(11,3-4-8)6(10)5-9/h6,8-11H,2-5H2,1H3. The van der Waals surface area contributed by atoms with Crippen molar-refractivity contribution >= 4 is 0 Å². The number of aliphatic hydroxyl groups is 4. The van der Waals surface area contributed by atoms with E-state index in [2.05, 4.69) is 0 Å². The number of aliphatic hydroxyl groups excluding tert-OH is 3. The van der Waals surface area contributed by atoms with Gasteiger partial charge in [-0.05, 0) is 6.42 Å². The quantitative estimate of drug-likeness (QED) is 0.414. The second-order valence-electron chi connectivity index (χ2n) is 2.63. The zero-order chi connectivity index (χ0) is 8.91. The van der Waals surface area contributed by atoms with Gasteiger partial charge in [0.2, 0.25) is 0 Å². The predicted octanol–water partition coefficient (Wildman–Crippen LogP) is -1.14. The molecule has 0 amide bonds. The minimum atomic E-state index is -1.34. The van der Waals surface area contributed by atoms with Crippen LogP contribution >= 0.6 is 0 Å². The fourth-order valence-corrected chi connectivity index (χ4v) is 0.943. The molecule has 0 aliphatic rings. The molecule has 0 heterocycles. The first kappa shape index (κ1) is 10.8. The van der Waals surface area contributed by atoms with Crippen LogP contribution in [0.15, 0.2) is 0 Å². The molecule has 0 radical (unpaired) electrons. The Labute approximate surface area is 66.1 Å². The highest BCUT2D eigenvalue weighted by Gasteiger charge is 2.32. The number of rotatable bonds is 5. The van der Waals surface area contributed by atoms with Gasteiger partial charge in [-0.3, -0.25) is 0 Å². The van der Waals surface area contributed by atoms with Crippen molar-refractivity contribution in [2.45, 2.75) is 31.5 Å². The van der Waals surface area contributed by atoms with Crippen LogP contribution in [0.4, 0.5) is 0 Å².